The number of nitrogens with two attached hydrogens (primary N) is 1. The van der Waals surface area contributed by atoms with Gasteiger partial charge in [-0.15, -0.1) is 0 Å². The van der Waals surface area contributed by atoms with E-state index in [9.17, 15) is 9.59 Å². The van der Waals surface area contributed by atoms with E-state index in [1.54, 1.807) is 16.7 Å². The van der Waals surface area contributed by atoms with Crippen LogP contribution in [0.25, 0.3) is 11.2 Å². The van der Waals surface area contributed by atoms with Gasteiger partial charge < -0.3 is 19.9 Å². The third kappa shape index (κ3) is 3.43. The first-order valence-corrected chi connectivity index (χ1v) is 7.47. The molecular weight excluding hydrogens is 330 g/mol. The fourth-order valence-corrected chi connectivity index (χ4v) is 2.44. The minimum absolute atomic E-state index is 0.0909. The predicted octanol–water partition coefficient (Wildman–Crippen LogP) is 0.358. The standard InChI is InChI=1S/C15H17N5O5/c1-9(21)23-5-15(6-24-10(2)22)4-3-11(25-15)20-8-19-12-13(16)17-7-18-14(12)20/h3-4,7-8,11H,5-6H2,1-2H3,(H2,16,17,18)/t11-/m1/s1. The van der Waals surface area contributed by atoms with E-state index in [1.807, 2.05) is 0 Å². The molecule has 3 heterocycles. The summed E-state index contributed by atoms with van der Waals surface area (Å²) in [6.07, 6.45) is 5.72. The van der Waals surface area contributed by atoms with Crippen molar-refractivity contribution in [1.82, 2.24) is 19.5 Å². The van der Waals surface area contributed by atoms with Crippen LogP contribution in [0.15, 0.2) is 24.8 Å². The van der Waals surface area contributed by atoms with Crippen LogP contribution in [0.4, 0.5) is 5.82 Å². The van der Waals surface area contributed by atoms with E-state index in [1.165, 1.54) is 26.5 Å². The largest absolute Gasteiger partial charge is 0.462 e. The zero-order valence-corrected chi connectivity index (χ0v) is 13.7. The molecule has 0 radical (unpaired) electrons. The minimum atomic E-state index is -1.09. The number of hydrogen-bond donors (Lipinski definition) is 1. The Bertz CT molecular complexity index is 828. The molecule has 10 heteroatoms. The molecule has 25 heavy (non-hydrogen) atoms. The van der Waals surface area contributed by atoms with E-state index in [0.29, 0.717) is 11.2 Å². The van der Waals surface area contributed by atoms with Crippen molar-refractivity contribution in [2.75, 3.05) is 18.9 Å². The first-order valence-electron chi connectivity index (χ1n) is 7.47. The number of carbonyl (C=O) groups is 2. The van der Waals surface area contributed by atoms with E-state index in [2.05, 4.69) is 15.0 Å². The van der Waals surface area contributed by atoms with Gasteiger partial charge in [-0.05, 0) is 12.2 Å². The van der Waals surface area contributed by atoms with Gasteiger partial charge in [0, 0.05) is 13.8 Å². The van der Waals surface area contributed by atoms with Crippen LogP contribution in [0, 0.1) is 0 Å². The molecule has 10 nitrogen and oxygen atoms in total. The number of imidazole rings is 1. The van der Waals surface area contributed by atoms with Gasteiger partial charge in [0.2, 0.25) is 0 Å². The first-order chi connectivity index (χ1) is 11.9. The Morgan fingerprint density at radius 3 is 2.56 bits per heavy atom. The summed E-state index contributed by atoms with van der Waals surface area (Å²) >= 11 is 0. The van der Waals surface area contributed by atoms with Crippen molar-refractivity contribution in [3.63, 3.8) is 0 Å². The number of esters is 2. The van der Waals surface area contributed by atoms with Crippen LogP contribution in [0.5, 0.6) is 0 Å². The highest BCUT2D eigenvalue weighted by atomic mass is 16.6. The smallest absolute Gasteiger partial charge is 0.302 e. The van der Waals surface area contributed by atoms with E-state index < -0.39 is 23.8 Å². The molecule has 0 saturated heterocycles. The molecule has 0 fully saturated rings. The summed E-state index contributed by atoms with van der Waals surface area (Å²) in [7, 11) is 0. The van der Waals surface area contributed by atoms with E-state index in [-0.39, 0.29) is 19.0 Å². The van der Waals surface area contributed by atoms with Crippen LogP contribution in [0.1, 0.15) is 20.1 Å². The van der Waals surface area contributed by atoms with Crippen molar-refractivity contribution in [3.05, 3.63) is 24.8 Å². The van der Waals surface area contributed by atoms with Crippen LogP contribution in [-0.4, -0.2) is 50.3 Å². The van der Waals surface area contributed by atoms with Gasteiger partial charge in [-0.25, -0.2) is 15.0 Å². The van der Waals surface area contributed by atoms with Gasteiger partial charge >= 0.3 is 11.9 Å². The molecule has 2 aromatic rings. The molecule has 0 spiro atoms. The summed E-state index contributed by atoms with van der Waals surface area (Å²) in [4.78, 5) is 34.5. The first kappa shape index (κ1) is 16.8. The zero-order valence-electron chi connectivity index (χ0n) is 13.7. The fraction of sp³-hybridized carbons (Fsp3) is 0.400. The summed E-state index contributed by atoms with van der Waals surface area (Å²) in [5, 5.41) is 0. The second-order valence-corrected chi connectivity index (χ2v) is 5.58. The van der Waals surface area contributed by atoms with Gasteiger partial charge in [0.1, 0.15) is 25.1 Å². The van der Waals surface area contributed by atoms with Crippen molar-refractivity contribution >= 4 is 28.9 Å². The lowest BCUT2D eigenvalue weighted by atomic mass is 10.1. The Kier molecular flexibility index (Phi) is 4.36. The van der Waals surface area contributed by atoms with Crippen molar-refractivity contribution in [1.29, 1.82) is 0 Å². The zero-order chi connectivity index (χ0) is 18.0. The number of nitrogen functional groups attached to an aromatic ring is 1. The maximum Gasteiger partial charge on any atom is 0.302 e. The van der Waals surface area contributed by atoms with Gasteiger partial charge in [0.15, 0.2) is 23.3 Å². The number of nitrogens with zero attached hydrogens (tertiary/aromatic N) is 4. The number of aromatic nitrogens is 4. The molecule has 1 aliphatic heterocycles. The molecule has 3 rings (SSSR count). The second-order valence-electron chi connectivity index (χ2n) is 5.58. The number of carbonyl (C=O) groups excluding carboxylic acids is 2. The van der Waals surface area contributed by atoms with Crippen LogP contribution in [-0.2, 0) is 23.8 Å². The number of ether oxygens (including phenoxy) is 3. The Morgan fingerprint density at radius 1 is 1.24 bits per heavy atom. The number of anilines is 1. The van der Waals surface area contributed by atoms with Crippen molar-refractivity contribution in [3.8, 4) is 0 Å². The molecular formula is C15H17N5O5. The minimum Gasteiger partial charge on any atom is -0.462 e. The number of hydrogen-bond acceptors (Lipinski definition) is 9. The normalized spacial score (nSPS) is 18.4. The predicted molar refractivity (Wildman–Crippen MR) is 85.0 cm³/mol. The molecule has 0 aliphatic carbocycles. The highest BCUT2D eigenvalue weighted by Gasteiger charge is 2.39. The lowest BCUT2D eigenvalue weighted by Gasteiger charge is -2.28. The quantitative estimate of drug-likeness (QED) is 0.601. The van der Waals surface area contributed by atoms with Crippen LogP contribution in [0.2, 0.25) is 0 Å². The van der Waals surface area contributed by atoms with E-state index in [0.717, 1.165) is 0 Å². The van der Waals surface area contributed by atoms with Gasteiger partial charge in [-0.3, -0.25) is 14.2 Å². The molecule has 0 amide bonds. The molecule has 2 N–H and O–H groups in total. The van der Waals surface area contributed by atoms with Crippen molar-refractivity contribution < 1.29 is 23.8 Å². The second kappa shape index (κ2) is 6.48. The fourth-order valence-electron chi connectivity index (χ4n) is 2.44. The van der Waals surface area contributed by atoms with Crippen molar-refractivity contribution in [2.24, 2.45) is 0 Å². The summed E-state index contributed by atoms with van der Waals surface area (Å²) in [6, 6.07) is 0. The van der Waals surface area contributed by atoms with Crippen LogP contribution in [0.3, 0.4) is 0 Å². The Balaban J connectivity index is 1.85. The maximum atomic E-state index is 11.1. The third-order valence-electron chi connectivity index (χ3n) is 3.62. The lowest BCUT2D eigenvalue weighted by Crippen LogP contribution is -2.40. The Labute approximate surface area is 142 Å². The molecule has 0 unspecified atom stereocenters. The van der Waals surface area contributed by atoms with Gasteiger partial charge in [0.05, 0.1) is 6.33 Å². The third-order valence-corrected chi connectivity index (χ3v) is 3.62. The van der Waals surface area contributed by atoms with Crippen LogP contribution < -0.4 is 5.73 Å². The molecule has 0 saturated carbocycles. The average molecular weight is 347 g/mol. The molecule has 132 valence electrons. The number of fused-ring (bicyclic) bond motifs is 1. The summed E-state index contributed by atoms with van der Waals surface area (Å²) in [6.45, 7) is 2.40. The van der Waals surface area contributed by atoms with Gasteiger partial charge in [-0.2, -0.15) is 0 Å². The lowest BCUT2D eigenvalue weighted by molar-refractivity contribution is -0.166. The SMILES string of the molecule is CC(=O)OCC1(COC(C)=O)C=C[C@H](n2cnc3c(N)ncnc32)O1. The topological polar surface area (TPSA) is 131 Å². The van der Waals surface area contributed by atoms with E-state index >= 15 is 0 Å². The Morgan fingerprint density at radius 2 is 1.92 bits per heavy atom. The molecule has 0 bridgehead atoms. The monoisotopic (exact) mass is 347 g/mol. The highest BCUT2D eigenvalue weighted by Crippen LogP contribution is 2.32. The molecule has 1 atom stereocenters. The van der Waals surface area contributed by atoms with Crippen LogP contribution >= 0.6 is 0 Å². The summed E-state index contributed by atoms with van der Waals surface area (Å²) in [5.74, 6) is -0.663. The van der Waals surface area contributed by atoms with Gasteiger partial charge in [0.25, 0.3) is 0 Å². The molecule has 1 aliphatic rings. The highest BCUT2D eigenvalue weighted by molar-refractivity contribution is 5.81. The molecule has 2 aromatic heterocycles. The Hall–Kier alpha value is -3.01. The van der Waals surface area contributed by atoms with Crippen molar-refractivity contribution in [2.45, 2.75) is 25.7 Å². The summed E-state index contributed by atoms with van der Waals surface area (Å²) in [5.41, 5.74) is 5.65. The molecule has 0 aromatic carbocycles. The average Bonchev–Trinajstić information content (AvgIpc) is 3.16. The van der Waals surface area contributed by atoms with E-state index in [4.69, 9.17) is 19.9 Å². The number of rotatable bonds is 5. The maximum absolute atomic E-state index is 11.1. The summed E-state index contributed by atoms with van der Waals surface area (Å²) < 4.78 is 17.8. The van der Waals surface area contributed by atoms with Gasteiger partial charge in [-0.1, -0.05) is 0 Å².